The second-order valence-electron chi connectivity index (χ2n) is 6.10. The molecule has 0 spiro atoms. The van der Waals surface area contributed by atoms with Crippen LogP contribution in [0.4, 0.5) is 0 Å². The summed E-state index contributed by atoms with van der Waals surface area (Å²) in [6.45, 7) is 1.64. The van der Waals surface area contributed by atoms with Crippen molar-refractivity contribution >= 4 is 15.7 Å². The van der Waals surface area contributed by atoms with Crippen molar-refractivity contribution in [2.45, 2.75) is 19.0 Å². The Morgan fingerprint density at radius 3 is 2.56 bits per heavy atom. The molecule has 1 fully saturated rings. The van der Waals surface area contributed by atoms with Crippen molar-refractivity contribution in [2.24, 2.45) is 0 Å². The summed E-state index contributed by atoms with van der Waals surface area (Å²) in [7, 11) is 0.137. The lowest BCUT2D eigenvalue weighted by Gasteiger charge is -2.28. The van der Waals surface area contributed by atoms with Gasteiger partial charge in [0, 0.05) is 26.2 Å². The number of nitrogens with zero attached hydrogens (tertiary/aromatic N) is 1. The molecule has 1 aliphatic heterocycles. The third kappa shape index (κ3) is 5.98. The SMILES string of the molecule is COCCNCC(=O)N(Cc1ccc(OC)cc1)C1CCS(=O)(=O)C1. The van der Waals surface area contributed by atoms with Crippen LogP contribution in [0.3, 0.4) is 0 Å². The van der Waals surface area contributed by atoms with Crippen molar-refractivity contribution in [1.29, 1.82) is 0 Å². The van der Waals surface area contributed by atoms with Crippen LogP contribution in [0.25, 0.3) is 0 Å². The standard InChI is InChI=1S/C17H26N2O5S/c1-23-9-8-18-11-17(20)19(15-7-10-25(21,22)13-15)12-14-3-5-16(24-2)6-4-14/h3-6,15,18H,7-13H2,1-2H3. The van der Waals surface area contributed by atoms with Gasteiger partial charge in [0.2, 0.25) is 5.91 Å². The van der Waals surface area contributed by atoms with Gasteiger partial charge in [0.1, 0.15) is 5.75 Å². The van der Waals surface area contributed by atoms with E-state index in [4.69, 9.17) is 9.47 Å². The highest BCUT2D eigenvalue weighted by molar-refractivity contribution is 7.91. The highest BCUT2D eigenvalue weighted by Gasteiger charge is 2.34. The number of amides is 1. The molecule has 8 heteroatoms. The highest BCUT2D eigenvalue weighted by atomic mass is 32.2. The van der Waals surface area contributed by atoms with Gasteiger partial charge in [-0.1, -0.05) is 12.1 Å². The third-order valence-electron chi connectivity index (χ3n) is 4.24. The van der Waals surface area contributed by atoms with Gasteiger partial charge in [-0.3, -0.25) is 4.79 Å². The van der Waals surface area contributed by atoms with E-state index in [2.05, 4.69) is 5.32 Å². The maximum atomic E-state index is 12.6. The molecule has 0 saturated carbocycles. The fraction of sp³-hybridized carbons (Fsp3) is 0.588. The lowest BCUT2D eigenvalue weighted by Crippen LogP contribution is -2.45. The van der Waals surface area contributed by atoms with Crippen molar-refractivity contribution in [3.05, 3.63) is 29.8 Å². The van der Waals surface area contributed by atoms with Gasteiger partial charge in [-0.05, 0) is 24.1 Å². The van der Waals surface area contributed by atoms with Crippen molar-refractivity contribution in [2.75, 3.05) is 45.4 Å². The Bertz CT molecular complexity index is 660. The summed E-state index contributed by atoms with van der Waals surface area (Å²) in [6.07, 6.45) is 0.488. The van der Waals surface area contributed by atoms with Gasteiger partial charge in [0.25, 0.3) is 0 Å². The molecule has 0 radical (unpaired) electrons. The second kappa shape index (κ2) is 9.17. The van der Waals surface area contributed by atoms with Crippen LogP contribution < -0.4 is 10.1 Å². The molecule has 1 heterocycles. The molecule has 0 bridgehead atoms. The van der Waals surface area contributed by atoms with E-state index in [9.17, 15) is 13.2 Å². The molecular weight excluding hydrogens is 344 g/mol. The number of methoxy groups -OCH3 is 2. The number of ether oxygens (including phenoxy) is 2. The quantitative estimate of drug-likeness (QED) is 0.635. The first kappa shape index (κ1) is 19.7. The molecule has 0 aliphatic carbocycles. The summed E-state index contributed by atoms with van der Waals surface area (Å²) < 4.78 is 33.7. The molecule has 2 rings (SSSR count). The van der Waals surface area contributed by atoms with Crippen molar-refractivity contribution in [3.8, 4) is 5.75 Å². The monoisotopic (exact) mass is 370 g/mol. The smallest absolute Gasteiger partial charge is 0.237 e. The van der Waals surface area contributed by atoms with Crippen LogP contribution in [0.2, 0.25) is 0 Å². The van der Waals surface area contributed by atoms with E-state index in [1.165, 1.54) is 0 Å². The Balaban J connectivity index is 2.06. The molecule has 1 atom stereocenters. The van der Waals surface area contributed by atoms with Gasteiger partial charge >= 0.3 is 0 Å². The summed E-state index contributed by atoms with van der Waals surface area (Å²) in [4.78, 5) is 14.3. The fourth-order valence-electron chi connectivity index (χ4n) is 2.84. The van der Waals surface area contributed by atoms with Crippen molar-refractivity contribution in [3.63, 3.8) is 0 Å². The van der Waals surface area contributed by atoms with E-state index in [0.29, 0.717) is 26.1 Å². The molecule has 1 saturated heterocycles. The zero-order valence-corrected chi connectivity index (χ0v) is 15.5. The largest absolute Gasteiger partial charge is 0.497 e. The average molecular weight is 370 g/mol. The van der Waals surface area contributed by atoms with Crippen molar-refractivity contribution in [1.82, 2.24) is 10.2 Å². The Labute approximate surface area is 149 Å². The third-order valence-corrected chi connectivity index (χ3v) is 5.99. The Morgan fingerprint density at radius 2 is 2.00 bits per heavy atom. The first-order chi connectivity index (χ1) is 11.9. The Kier molecular flexibility index (Phi) is 7.22. The number of carbonyl (C=O) groups excluding carboxylic acids is 1. The Hall–Kier alpha value is -1.64. The molecule has 1 amide bonds. The summed E-state index contributed by atoms with van der Waals surface area (Å²) in [5.41, 5.74) is 0.940. The topological polar surface area (TPSA) is 84.9 Å². The van der Waals surface area contributed by atoms with Crippen LogP contribution in [0.15, 0.2) is 24.3 Å². The fourth-order valence-corrected chi connectivity index (χ4v) is 4.57. The zero-order valence-electron chi connectivity index (χ0n) is 14.7. The lowest BCUT2D eigenvalue weighted by molar-refractivity contribution is -0.132. The summed E-state index contributed by atoms with van der Waals surface area (Å²) >= 11 is 0. The molecule has 25 heavy (non-hydrogen) atoms. The molecule has 1 N–H and O–H groups in total. The predicted molar refractivity (Wildman–Crippen MR) is 95.3 cm³/mol. The molecule has 1 unspecified atom stereocenters. The van der Waals surface area contributed by atoms with Crippen LogP contribution in [-0.4, -0.2) is 70.7 Å². The molecule has 140 valence electrons. The first-order valence-corrected chi connectivity index (χ1v) is 10.1. The van der Waals surface area contributed by atoms with Gasteiger partial charge in [-0.2, -0.15) is 0 Å². The molecule has 7 nitrogen and oxygen atoms in total. The van der Waals surface area contributed by atoms with Gasteiger partial charge in [-0.15, -0.1) is 0 Å². The number of nitrogens with one attached hydrogen (secondary N) is 1. The van der Waals surface area contributed by atoms with Crippen LogP contribution in [0.5, 0.6) is 5.75 Å². The number of benzene rings is 1. The predicted octanol–water partition coefficient (Wildman–Crippen LogP) is 0.447. The maximum Gasteiger partial charge on any atom is 0.237 e. The maximum absolute atomic E-state index is 12.6. The van der Waals surface area contributed by atoms with E-state index in [-0.39, 0.29) is 30.0 Å². The number of hydrogen-bond donors (Lipinski definition) is 1. The van der Waals surface area contributed by atoms with E-state index in [0.717, 1.165) is 11.3 Å². The number of carbonyl (C=O) groups is 1. The molecular formula is C17H26N2O5S. The molecule has 1 aromatic rings. The van der Waals surface area contributed by atoms with E-state index < -0.39 is 9.84 Å². The van der Waals surface area contributed by atoms with E-state index in [1.54, 1.807) is 19.1 Å². The number of rotatable bonds is 9. The van der Waals surface area contributed by atoms with Crippen molar-refractivity contribution < 1.29 is 22.7 Å². The van der Waals surface area contributed by atoms with Crippen LogP contribution >= 0.6 is 0 Å². The minimum Gasteiger partial charge on any atom is -0.497 e. The minimum absolute atomic E-state index is 0.0347. The number of hydrogen-bond acceptors (Lipinski definition) is 6. The summed E-state index contributed by atoms with van der Waals surface area (Å²) in [6, 6.07) is 7.17. The highest BCUT2D eigenvalue weighted by Crippen LogP contribution is 2.21. The normalized spacial score (nSPS) is 18.9. The number of sulfone groups is 1. The second-order valence-corrected chi connectivity index (χ2v) is 8.32. The molecule has 1 aromatic carbocycles. The van der Waals surface area contributed by atoms with E-state index >= 15 is 0 Å². The van der Waals surface area contributed by atoms with Crippen LogP contribution in [0, 0.1) is 0 Å². The summed E-state index contributed by atoms with van der Waals surface area (Å²) in [5, 5.41) is 3.03. The van der Waals surface area contributed by atoms with Gasteiger partial charge < -0.3 is 19.7 Å². The summed E-state index contributed by atoms with van der Waals surface area (Å²) in [5.74, 6) is 0.814. The van der Waals surface area contributed by atoms with E-state index in [1.807, 2.05) is 24.3 Å². The first-order valence-electron chi connectivity index (χ1n) is 8.27. The lowest BCUT2D eigenvalue weighted by atomic mass is 10.1. The van der Waals surface area contributed by atoms with Gasteiger partial charge in [0.05, 0.1) is 31.8 Å². The Morgan fingerprint density at radius 1 is 1.28 bits per heavy atom. The van der Waals surface area contributed by atoms with Crippen LogP contribution in [0.1, 0.15) is 12.0 Å². The van der Waals surface area contributed by atoms with Crippen LogP contribution in [-0.2, 0) is 25.9 Å². The zero-order chi connectivity index (χ0) is 18.3. The van der Waals surface area contributed by atoms with Gasteiger partial charge in [0.15, 0.2) is 9.84 Å². The minimum atomic E-state index is -3.06. The average Bonchev–Trinajstić information content (AvgIpc) is 2.96. The van der Waals surface area contributed by atoms with Gasteiger partial charge in [-0.25, -0.2) is 8.42 Å². The molecule has 0 aromatic heterocycles. The molecule has 1 aliphatic rings.